The van der Waals surface area contributed by atoms with E-state index in [1.807, 2.05) is 29.8 Å². The van der Waals surface area contributed by atoms with Crippen LogP contribution >= 0.6 is 0 Å². The van der Waals surface area contributed by atoms with Gasteiger partial charge in [-0.3, -0.25) is 0 Å². The summed E-state index contributed by atoms with van der Waals surface area (Å²) in [6.07, 6.45) is 2.97. The third-order valence-electron chi connectivity index (χ3n) is 1.62. The highest BCUT2D eigenvalue weighted by Gasteiger charge is 1.90. The van der Waals surface area contributed by atoms with Crippen LogP contribution in [0.25, 0.3) is 11.0 Å². The molecular weight excluding hydrogens is 124 g/mol. The molecule has 0 aliphatic heterocycles. The number of para-hydroxylation sites is 2. The van der Waals surface area contributed by atoms with Crippen molar-refractivity contribution in [1.29, 1.82) is 0 Å². The molecule has 0 aliphatic carbocycles. The van der Waals surface area contributed by atoms with Crippen molar-refractivity contribution in [3.8, 4) is 0 Å². The third kappa shape index (κ3) is 0.620. The van der Waals surface area contributed by atoms with Crippen molar-refractivity contribution >= 4 is 11.0 Å². The molecule has 1 aromatic heterocycles. The van der Waals surface area contributed by atoms with Gasteiger partial charge in [0.2, 0.25) is 6.33 Å². The van der Waals surface area contributed by atoms with E-state index in [0.29, 0.717) is 0 Å². The lowest BCUT2D eigenvalue weighted by Crippen LogP contribution is -2.25. The van der Waals surface area contributed by atoms with Crippen molar-refractivity contribution in [2.45, 2.75) is 0 Å². The number of fused-ring (bicyclic) bond motifs is 1. The molecule has 0 bridgehead atoms. The summed E-state index contributed by atoms with van der Waals surface area (Å²) in [5.74, 6) is 0. The van der Waals surface area contributed by atoms with Crippen LogP contribution in [0.4, 0.5) is 0 Å². The average molecular weight is 132 g/mol. The van der Waals surface area contributed by atoms with Crippen LogP contribution in [0.5, 0.6) is 0 Å². The summed E-state index contributed by atoms with van der Waals surface area (Å²) < 4.78 is 1.94. The first-order valence-corrected chi connectivity index (χ1v) is 3.22. The minimum Gasteiger partial charge on any atom is -0.357 e. The highest BCUT2D eigenvalue weighted by atomic mass is 15.0. The summed E-state index contributed by atoms with van der Waals surface area (Å²) in [4.78, 5) is 3.03. The Labute approximate surface area is 59.1 Å². The highest BCUT2D eigenvalue weighted by Crippen LogP contribution is 2.03. The summed E-state index contributed by atoms with van der Waals surface area (Å²) in [6, 6.07) is 8.12. The molecule has 1 heterocycles. The topological polar surface area (TPSA) is 19.7 Å². The average Bonchev–Trinajstić information content (AvgIpc) is 2.34. The van der Waals surface area contributed by atoms with Crippen molar-refractivity contribution < 1.29 is 4.57 Å². The second-order valence-electron chi connectivity index (χ2n) is 2.31. The van der Waals surface area contributed by atoms with Crippen LogP contribution < -0.4 is 4.57 Å². The van der Waals surface area contributed by atoms with Gasteiger partial charge in [0.1, 0.15) is 0 Å². The van der Waals surface area contributed by atoms with Gasteiger partial charge in [0.25, 0.3) is 0 Å². The zero-order valence-corrected chi connectivity index (χ0v) is 5.76. The van der Waals surface area contributed by atoms with E-state index in [4.69, 9.17) is 0 Å². The van der Waals surface area contributed by atoms with Gasteiger partial charge in [-0.25, -0.2) is 0 Å². The van der Waals surface area contributed by atoms with E-state index in [1.165, 1.54) is 5.52 Å². The standard InChI is InChI=1S/C8H8N2/c1-10-6-9-7-4-2-3-5-8(7)10/h2-5,9H,1H3. The van der Waals surface area contributed by atoms with Gasteiger partial charge in [-0.15, -0.1) is 0 Å². The molecule has 0 amide bonds. The first-order valence-electron chi connectivity index (χ1n) is 3.22. The molecular formula is C8H8N2. The molecule has 0 fully saturated rings. The number of benzene rings is 1. The Morgan fingerprint density at radius 1 is 1.40 bits per heavy atom. The maximum Gasteiger partial charge on any atom is 0.202 e. The summed E-state index contributed by atoms with van der Waals surface area (Å²) >= 11 is 0. The monoisotopic (exact) mass is 132 g/mol. The van der Waals surface area contributed by atoms with Crippen LogP contribution in [0.2, 0.25) is 0 Å². The van der Waals surface area contributed by atoms with Crippen molar-refractivity contribution in [2.75, 3.05) is 0 Å². The molecule has 50 valence electrons. The number of hydrogen-bond donors (Lipinski definition) is 1. The quantitative estimate of drug-likeness (QED) is 0.404. The number of nitrogens with zero attached hydrogens (tertiary/aromatic N) is 1. The number of hydrogen-bond acceptors (Lipinski definition) is 0. The number of aromatic nitrogens is 2. The van der Waals surface area contributed by atoms with Crippen molar-refractivity contribution in [3.05, 3.63) is 30.6 Å². The van der Waals surface area contributed by atoms with Gasteiger partial charge in [-0.2, -0.15) is 0 Å². The summed E-state index contributed by atoms with van der Waals surface area (Å²) in [6.45, 7) is 0. The first-order chi connectivity index (χ1) is 4.88. The second-order valence-corrected chi connectivity index (χ2v) is 2.31. The fourth-order valence-corrected chi connectivity index (χ4v) is 1.08. The number of rotatable bonds is 0. The maximum atomic E-state index is 3.03. The Balaban J connectivity index is 2.93. The molecule has 1 N–H and O–H groups in total. The summed E-state index contributed by atoms with van der Waals surface area (Å²) in [7, 11) is 1.97. The van der Waals surface area contributed by atoms with Gasteiger partial charge in [-0.1, -0.05) is 24.3 Å². The van der Waals surface area contributed by atoms with E-state index >= 15 is 0 Å². The Hall–Kier alpha value is -1.31. The van der Waals surface area contributed by atoms with E-state index < -0.39 is 0 Å². The smallest absolute Gasteiger partial charge is 0.202 e. The zero-order chi connectivity index (χ0) is 6.97. The number of aromatic amines is 1. The van der Waals surface area contributed by atoms with Crippen LogP contribution in [0.1, 0.15) is 0 Å². The lowest BCUT2D eigenvalue weighted by Gasteiger charge is -1.92. The number of nitrogens with one attached hydrogen (secondary N) is 1. The Morgan fingerprint density at radius 3 is 3.00 bits per heavy atom. The minimum atomic E-state index is 1.13. The van der Waals surface area contributed by atoms with E-state index in [2.05, 4.69) is 17.4 Å². The molecule has 0 radical (unpaired) electrons. The van der Waals surface area contributed by atoms with Crippen molar-refractivity contribution in [3.63, 3.8) is 0 Å². The molecule has 2 aromatic rings. The number of aryl methyl sites for hydroxylation is 1. The minimum absolute atomic E-state index is 1.13. The molecule has 1 aromatic carbocycles. The van der Waals surface area contributed by atoms with Crippen molar-refractivity contribution in [2.24, 2.45) is 7.05 Å². The molecule has 0 saturated carbocycles. The van der Waals surface area contributed by atoms with E-state index in [0.717, 1.165) is 5.52 Å². The van der Waals surface area contributed by atoms with Crippen LogP contribution in [0.15, 0.2) is 24.3 Å². The van der Waals surface area contributed by atoms with E-state index in [-0.39, 0.29) is 0 Å². The van der Waals surface area contributed by atoms with Crippen LogP contribution in [0.3, 0.4) is 0 Å². The lowest BCUT2D eigenvalue weighted by atomic mass is 10.3. The Bertz CT molecular complexity index is 349. The molecule has 0 saturated heterocycles. The van der Waals surface area contributed by atoms with Gasteiger partial charge in [-0.05, 0) is 0 Å². The predicted octanol–water partition coefficient (Wildman–Crippen LogP) is 0.793. The highest BCUT2D eigenvalue weighted by molar-refractivity contribution is 5.70. The zero-order valence-electron chi connectivity index (χ0n) is 5.76. The van der Waals surface area contributed by atoms with Crippen LogP contribution in [-0.2, 0) is 7.05 Å². The van der Waals surface area contributed by atoms with Gasteiger partial charge < -0.3 is 9.55 Å². The first kappa shape index (κ1) is 5.47. The van der Waals surface area contributed by atoms with Crippen molar-refractivity contribution in [1.82, 2.24) is 4.98 Å². The summed E-state index contributed by atoms with van der Waals surface area (Å²) in [5, 5.41) is 0. The van der Waals surface area contributed by atoms with Gasteiger partial charge in [0.05, 0.1) is 7.05 Å². The molecule has 0 unspecified atom stereocenters. The molecule has 2 nitrogen and oxygen atoms in total. The van der Waals surface area contributed by atoms with Gasteiger partial charge in [0, 0.05) is 11.0 Å². The number of imidazole rings is 1. The molecule has 0 atom stereocenters. The third-order valence-corrected chi connectivity index (χ3v) is 1.62. The van der Waals surface area contributed by atoms with Crippen LogP contribution in [0, 0.1) is 6.33 Å². The maximum absolute atomic E-state index is 3.03. The normalized spacial score (nSPS) is 10.5. The Kier molecular flexibility index (Phi) is 1.01. The fourth-order valence-electron chi connectivity index (χ4n) is 1.08. The largest absolute Gasteiger partial charge is 0.357 e. The number of H-pyrrole nitrogens is 1. The van der Waals surface area contributed by atoms with Gasteiger partial charge >= 0.3 is 0 Å². The Morgan fingerprint density at radius 2 is 2.20 bits per heavy atom. The predicted molar refractivity (Wildman–Crippen MR) is 38.3 cm³/mol. The van der Waals surface area contributed by atoms with Crippen LogP contribution in [-0.4, -0.2) is 4.98 Å². The summed E-state index contributed by atoms with van der Waals surface area (Å²) in [5.41, 5.74) is 2.31. The molecule has 2 heteroatoms. The van der Waals surface area contributed by atoms with Gasteiger partial charge in [0.15, 0.2) is 0 Å². The lowest BCUT2D eigenvalue weighted by molar-refractivity contribution is -0.649. The molecule has 0 spiro atoms. The van der Waals surface area contributed by atoms with E-state index in [9.17, 15) is 0 Å². The fraction of sp³-hybridized carbons (Fsp3) is 0.125. The SMILES string of the molecule is C[n+]1[c-][nH]c2ccccc21. The molecule has 2 rings (SSSR count). The molecule has 10 heavy (non-hydrogen) atoms. The molecule has 0 aliphatic rings. The van der Waals surface area contributed by atoms with E-state index in [1.54, 1.807) is 0 Å². The second kappa shape index (κ2) is 1.84.